The Hall–Kier alpha value is -3.03. The number of rotatable bonds is 4. The van der Waals surface area contributed by atoms with Crippen LogP contribution in [-0.4, -0.2) is 65.2 Å². The fourth-order valence-electron chi connectivity index (χ4n) is 2.71. The van der Waals surface area contributed by atoms with Crippen molar-refractivity contribution in [2.45, 2.75) is 6.42 Å². The molecule has 8 nitrogen and oxygen atoms in total. The molecule has 3 rings (SSSR count). The van der Waals surface area contributed by atoms with E-state index in [1.54, 1.807) is 29.3 Å². The number of hydrogen-bond acceptors (Lipinski definition) is 4. The topological polar surface area (TPSA) is 90.6 Å². The predicted molar refractivity (Wildman–Crippen MR) is 92.5 cm³/mol. The van der Waals surface area contributed by atoms with E-state index >= 15 is 0 Å². The van der Waals surface area contributed by atoms with Gasteiger partial charge in [-0.3, -0.25) is 9.89 Å². The summed E-state index contributed by atoms with van der Waals surface area (Å²) in [5.74, 6) is 0.841. The van der Waals surface area contributed by atoms with E-state index in [2.05, 4.69) is 15.5 Å². The van der Waals surface area contributed by atoms with E-state index in [0.717, 1.165) is 11.3 Å². The van der Waals surface area contributed by atoms with Crippen molar-refractivity contribution >= 4 is 17.6 Å². The number of carbonyl (C=O) groups is 2. The SMILES string of the molecule is COc1ccc(CC(=O)N2CCN(C(=O)Nc3cn[nH]c3)CC2)cc1. The molecule has 0 aliphatic carbocycles. The number of amides is 3. The van der Waals surface area contributed by atoms with Crippen molar-refractivity contribution in [3.8, 4) is 5.75 Å². The summed E-state index contributed by atoms with van der Waals surface area (Å²) in [7, 11) is 1.61. The van der Waals surface area contributed by atoms with Gasteiger partial charge in [0, 0.05) is 32.4 Å². The molecule has 1 saturated heterocycles. The number of anilines is 1. The number of nitrogens with one attached hydrogen (secondary N) is 2. The molecule has 0 unspecified atom stereocenters. The maximum Gasteiger partial charge on any atom is 0.322 e. The Bertz CT molecular complexity index is 706. The van der Waals surface area contributed by atoms with E-state index < -0.39 is 0 Å². The van der Waals surface area contributed by atoms with Gasteiger partial charge in [0.25, 0.3) is 0 Å². The van der Waals surface area contributed by atoms with Crippen LogP contribution in [0, 0.1) is 0 Å². The Labute approximate surface area is 145 Å². The Morgan fingerprint density at radius 1 is 1.16 bits per heavy atom. The van der Waals surface area contributed by atoms with E-state index in [0.29, 0.717) is 38.3 Å². The van der Waals surface area contributed by atoms with Crippen LogP contribution in [0.2, 0.25) is 0 Å². The van der Waals surface area contributed by atoms with E-state index in [-0.39, 0.29) is 11.9 Å². The maximum absolute atomic E-state index is 12.4. The average Bonchev–Trinajstić information content (AvgIpc) is 3.15. The molecule has 8 heteroatoms. The third-order valence-corrected chi connectivity index (χ3v) is 4.18. The lowest BCUT2D eigenvalue weighted by molar-refractivity contribution is -0.131. The van der Waals surface area contributed by atoms with Gasteiger partial charge in [-0.25, -0.2) is 4.79 Å². The van der Waals surface area contributed by atoms with Crippen molar-refractivity contribution in [2.24, 2.45) is 0 Å². The number of hydrogen-bond donors (Lipinski definition) is 2. The first kappa shape index (κ1) is 16.8. The normalized spacial score (nSPS) is 14.3. The van der Waals surface area contributed by atoms with Crippen molar-refractivity contribution in [1.82, 2.24) is 20.0 Å². The first-order valence-electron chi connectivity index (χ1n) is 8.11. The minimum Gasteiger partial charge on any atom is -0.497 e. The number of urea groups is 1. The molecule has 2 aromatic rings. The Kier molecular flexibility index (Phi) is 5.17. The number of methoxy groups -OCH3 is 1. The van der Waals surface area contributed by atoms with Crippen molar-refractivity contribution in [2.75, 3.05) is 38.6 Å². The second-order valence-corrected chi connectivity index (χ2v) is 5.81. The molecule has 0 radical (unpaired) electrons. The number of H-pyrrole nitrogens is 1. The fourth-order valence-corrected chi connectivity index (χ4v) is 2.71. The molecule has 2 heterocycles. The summed E-state index contributed by atoms with van der Waals surface area (Å²) in [6.07, 6.45) is 3.52. The molecule has 0 bridgehead atoms. The zero-order valence-corrected chi connectivity index (χ0v) is 14.1. The molecule has 1 aromatic carbocycles. The highest BCUT2D eigenvalue weighted by Crippen LogP contribution is 2.13. The molecule has 1 aromatic heterocycles. The molecule has 0 spiro atoms. The lowest BCUT2D eigenvalue weighted by Gasteiger charge is -2.34. The second-order valence-electron chi connectivity index (χ2n) is 5.81. The average molecular weight is 343 g/mol. The monoisotopic (exact) mass is 343 g/mol. The zero-order valence-electron chi connectivity index (χ0n) is 14.1. The molecule has 2 N–H and O–H groups in total. The van der Waals surface area contributed by atoms with Gasteiger partial charge in [0.15, 0.2) is 0 Å². The van der Waals surface area contributed by atoms with Crippen molar-refractivity contribution < 1.29 is 14.3 Å². The smallest absolute Gasteiger partial charge is 0.322 e. The molecular formula is C17H21N5O3. The molecule has 1 fully saturated rings. The summed E-state index contributed by atoms with van der Waals surface area (Å²) >= 11 is 0. The van der Waals surface area contributed by atoms with Crippen LogP contribution in [0.5, 0.6) is 5.75 Å². The highest BCUT2D eigenvalue weighted by atomic mass is 16.5. The third kappa shape index (κ3) is 4.28. The van der Waals surface area contributed by atoms with Crippen molar-refractivity contribution in [3.05, 3.63) is 42.2 Å². The van der Waals surface area contributed by atoms with Gasteiger partial charge in [0.1, 0.15) is 5.75 Å². The highest BCUT2D eigenvalue weighted by Gasteiger charge is 2.24. The number of ether oxygens (including phenoxy) is 1. The Morgan fingerprint density at radius 2 is 1.84 bits per heavy atom. The minimum absolute atomic E-state index is 0.0695. The number of carbonyl (C=O) groups excluding carboxylic acids is 2. The summed E-state index contributed by atoms with van der Waals surface area (Å²) in [6.45, 7) is 2.09. The van der Waals surface area contributed by atoms with E-state index in [9.17, 15) is 9.59 Å². The van der Waals surface area contributed by atoms with E-state index in [1.807, 2.05) is 24.3 Å². The molecule has 0 atom stereocenters. The van der Waals surface area contributed by atoms with Crippen molar-refractivity contribution in [3.63, 3.8) is 0 Å². The van der Waals surface area contributed by atoms with Crippen LogP contribution in [0.1, 0.15) is 5.56 Å². The van der Waals surface area contributed by atoms with Crippen LogP contribution in [0.3, 0.4) is 0 Å². The van der Waals surface area contributed by atoms with Crippen molar-refractivity contribution in [1.29, 1.82) is 0 Å². The van der Waals surface area contributed by atoms with Crippen LogP contribution < -0.4 is 10.1 Å². The summed E-state index contributed by atoms with van der Waals surface area (Å²) < 4.78 is 5.12. The van der Waals surface area contributed by atoms with Crippen LogP contribution in [0.15, 0.2) is 36.7 Å². The van der Waals surface area contributed by atoms with Gasteiger partial charge < -0.3 is 19.9 Å². The van der Waals surface area contributed by atoms with Gasteiger partial charge in [0.05, 0.1) is 25.4 Å². The van der Waals surface area contributed by atoms with Gasteiger partial charge in [-0.2, -0.15) is 5.10 Å². The van der Waals surface area contributed by atoms with Gasteiger partial charge in [-0.05, 0) is 17.7 Å². The second kappa shape index (κ2) is 7.69. The van der Waals surface area contributed by atoms with Crippen LogP contribution in [-0.2, 0) is 11.2 Å². The Morgan fingerprint density at radius 3 is 2.44 bits per heavy atom. The summed E-state index contributed by atoms with van der Waals surface area (Å²) in [6, 6.07) is 7.31. The lowest BCUT2D eigenvalue weighted by atomic mass is 10.1. The number of benzene rings is 1. The van der Waals surface area contributed by atoms with Crippen LogP contribution in [0.4, 0.5) is 10.5 Å². The number of aromatic nitrogens is 2. The first-order valence-corrected chi connectivity index (χ1v) is 8.11. The molecule has 132 valence electrons. The minimum atomic E-state index is -0.177. The third-order valence-electron chi connectivity index (χ3n) is 4.18. The molecule has 1 aliphatic heterocycles. The van der Waals surface area contributed by atoms with Crippen LogP contribution >= 0.6 is 0 Å². The molecule has 3 amide bonds. The standard InChI is InChI=1S/C17H21N5O3/c1-25-15-4-2-13(3-5-15)10-16(23)21-6-8-22(9-7-21)17(24)20-14-11-18-19-12-14/h2-5,11-12H,6-10H2,1H3,(H,18,19)(H,20,24). The lowest BCUT2D eigenvalue weighted by Crippen LogP contribution is -2.52. The molecule has 0 saturated carbocycles. The number of piperazine rings is 1. The van der Waals surface area contributed by atoms with E-state index in [1.165, 1.54) is 0 Å². The predicted octanol–water partition coefficient (Wildman–Crippen LogP) is 1.34. The maximum atomic E-state index is 12.4. The summed E-state index contributed by atoms with van der Waals surface area (Å²) in [5, 5.41) is 9.20. The van der Waals surface area contributed by atoms with Gasteiger partial charge in [-0.1, -0.05) is 12.1 Å². The molecule has 1 aliphatic rings. The number of aromatic amines is 1. The van der Waals surface area contributed by atoms with Crippen LogP contribution in [0.25, 0.3) is 0 Å². The Balaban J connectivity index is 1.47. The molecular weight excluding hydrogens is 322 g/mol. The molecule has 25 heavy (non-hydrogen) atoms. The highest BCUT2D eigenvalue weighted by molar-refractivity contribution is 5.89. The quantitative estimate of drug-likeness (QED) is 0.876. The van der Waals surface area contributed by atoms with Gasteiger partial charge in [0.2, 0.25) is 5.91 Å². The zero-order chi connectivity index (χ0) is 17.6. The number of nitrogens with zero attached hydrogens (tertiary/aromatic N) is 3. The van der Waals surface area contributed by atoms with Gasteiger partial charge in [-0.15, -0.1) is 0 Å². The van der Waals surface area contributed by atoms with Gasteiger partial charge >= 0.3 is 6.03 Å². The fraction of sp³-hybridized carbons (Fsp3) is 0.353. The largest absolute Gasteiger partial charge is 0.497 e. The van der Waals surface area contributed by atoms with E-state index in [4.69, 9.17) is 4.74 Å². The summed E-state index contributed by atoms with van der Waals surface area (Å²) in [5.41, 5.74) is 1.58. The first-order chi connectivity index (χ1) is 12.2. The summed E-state index contributed by atoms with van der Waals surface area (Å²) in [4.78, 5) is 28.1.